The summed E-state index contributed by atoms with van der Waals surface area (Å²) in [6.45, 7) is 9.37. The van der Waals surface area contributed by atoms with E-state index in [0.717, 1.165) is 38.4 Å². The Morgan fingerprint density at radius 1 is 0.714 bits per heavy atom. The molecule has 5 heteroatoms. The molecule has 0 N–H and O–H groups in total. The summed E-state index contributed by atoms with van der Waals surface area (Å²) in [6.07, 6.45) is 1.20. The van der Waals surface area contributed by atoms with Gasteiger partial charge in [0.15, 0.2) is 11.2 Å². The van der Waals surface area contributed by atoms with Gasteiger partial charge in [-0.3, -0.25) is 0 Å². The van der Waals surface area contributed by atoms with Crippen molar-refractivity contribution in [2.75, 3.05) is 0 Å². The summed E-state index contributed by atoms with van der Waals surface area (Å²) in [4.78, 5) is 8.84. The number of nitrogens with zero attached hydrogens (tertiary/aromatic N) is 2. The normalized spacial score (nSPS) is 14.0. The minimum absolute atomic E-state index is 0. The number of fused-ring (bicyclic) bond motifs is 7. The monoisotopic (exact) mass is 826 g/mol. The van der Waals surface area contributed by atoms with Crippen molar-refractivity contribution < 1.29 is 35.8 Å². The molecule has 0 unspecified atom stereocenters. The van der Waals surface area contributed by atoms with Gasteiger partial charge in [0.25, 0.3) is 0 Å². The van der Waals surface area contributed by atoms with Gasteiger partial charge in [0.1, 0.15) is 5.58 Å². The topological polar surface area (TPSA) is 52.1 Å². The molecule has 0 aliphatic rings. The number of furan rings is 2. The number of hydrogen-bond donors (Lipinski definition) is 0. The maximum Gasteiger partial charge on any atom is 0.177 e. The van der Waals surface area contributed by atoms with Gasteiger partial charge in [-0.05, 0) is 64.8 Å². The smallest absolute Gasteiger partial charge is 0.177 e. The van der Waals surface area contributed by atoms with Gasteiger partial charge in [0.2, 0.25) is 0 Å². The molecule has 4 nitrogen and oxygen atoms in total. The quantitative estimate of drug-likeness (QED) is 0.167. The van der Waals surface area contributed by atoms with E-state index in [4.69, 9.17) is 15.7 Å². The Morgan fingerprint density at radius 3 is 2.18 bits per heavy atom. The van der Waals surface area contributed by atoms with Crippen molar-refractivity contribution in [3.05, 3.63) is 132 Å². The first-order valence-electron chi connectivity index (χ1n) is 18.6. The predicted octanol–water partition coefficient (Wildman–Crippen LogP) is 12.1. The molecule has 0 bridgehead atoms. The summed E-state index contributed by atoms with van der Waals surface area (Å²) in [5.41, 5.74) is 6.11. The zero-order valence-electron chi connectivity index (χ0n) is 33.4. The average molecular weight is 826 g/mol. The fourth-order valence-corrected chi connectivity index (χ4v) is 5.87. The van der Waals surface area contributed by atoms with E-state index in [1.54, 1.807) is 26.8 Å². The Kier molecular flexibility index (Phi) is 7.73. The van der Waals surface area contributed by atoms with Crippen LogP contribution in [0.1, 0.15) is 65.1 Å². The minimum atomic E-state index is -2.51. The van der Waals surface area contributed by atoms with E-state index < -0.39 is 18.6 Å². The molecule has 4 aromatic heterocycles. The van der Waals surface area contributed by atoms with E-state index in [0.29, 0.717) is 28.0 Å². The largest absolute Gasteiger partial charge is 0.497 e. The molecule has 0 aliphatic carbocycles. The number of hydrogen-bond acceptors (Lipinski definition) is 4. The van der Waals surface area contributed by atoms with Crippen LogP contribution in [0.2, 0.25) is 0 Å². The zero-order chi connectivity index (χ0) is 37.9. The second kappa shape index (κ2) is 13.4. The predicted molar refractivity (Wildman–Crippen MR) is 198 cm³/mol. The van der Waals surface area contributed by atoms with E-state index in [1.807, 2.05) is 72.9 Å². The molecule has 49 heavy (non-hydrogen) atoms. The summed E-state index contributed by atoms with van der Waals surface area (Å²) in [5.74, 6) is 0. The fraction of sp³-hybridized carbons (Fsp3) is 0.227. The van der Waals surface area contributed by atoms with Crippen LogP contribution in [-0.2, 0) is 31.9 Å². The van der Waals surface area contributed by atoms with Gasteiger partial charge in [-0.2, -0.15) is 0 Å². The summed E-state index contributed by atoms with van der Waals surface area (Å²) >= 11 is 0. The molecule has 0 aliphatic heterocycles. The van der Waals surface area contributed by atoms with Crippen LogP contribution in [0.4, 0.5) is 0 Å². The van der Waals surface area contributed by atoms with Crippen molar-refractivity contribution in [1.82, 2.24) is 9.97 Å². The summed E-state index contributed by atoms with van der Waals surface area (Å²) in [5, 5.41) is 3.67. The maximum atomic E-state index is 8.84. The molecule has 0 amide bonds. The molecule has 1 radical (unpaired) electrons. The third-order valence-corrected chi connectivity index (χ3v) is 8.23. The van der Waals surface area contributed by atoms with Gasteiger partial charge < -0.3 is 18.8 Å². The summed E-state index contributed by atoms with van der Waals surface area (Å²) in [6, 6.07) is 35.6. The number of benzene rings is 4. The number of para-hydroxylation sites is 1. The van der Waals surface area contributed by atoms with Crippen LogP contribution in [0.15, 0.2) is 112 Å². The molecular formula is C44H40IrN2O2-2. The first-order valence-corrected chi connectivity index (χ1v) is 16.1. The minimum Gasteiger partial charge on any atom is -0.497 e. The van der Waals surface area contributed by atoms with Crippen LogP contribution in [-0.4, -0.2) is 9.97 Å². The van der Waals surface area contributed by atoms with Crippen molar-refractivity contribution in [3.63, 3.8) is 0 Å². The van der Waals surface area contributed by atoms with Gasteiger partial charge in [0, 0.05) is 55.5 Å². The van der Waals surface area contributed by atoms with E-state index >= 15 is 0 Å². The third-order valence-electron chi connectivity index (χ3n) is 8.23. The average Bonchev–Trinajstić information content (AvgIpc) is 3.70. The third kappa shape index (κ3) is 6.97. The zero-order valence-corrected chi connectivity index (χ0v) is 30.8. The molecule has 0 saturated heterocycles. The van der Waals surface area contributed by atoms with Crippen LogP contribution in [0.3, 0.4) is 0 Å². The Balaban J connectivity index is 0.000000246. The van der Waals surface area contributed by atoms with E-state index in [2.05, 4.69) is 55.0 Å². The van der Waals surface area contributed by atoms with Crippen molar-refractivity contribution in [3.8, 4) is 22.5 Å². The van der Waals surface area contributed by atoms with E-state index in [-0.39, 0.29) is 36.6 Å². The molecule has 249 valence electrons. The Hall–Kier alpha value is -4.57. The van der Waals surface area contributed by atoms with Crippen molar-refractivity contribution in [2.24, 2.45) is 5.41 Å². The first-order chi connectivity index (χ1) is 24.9. The number of rotatable bonds is 3. The van der Waals surface area contributed by atoms with Crippen LogP contribution in [0.5, 0.6) is 0 Å². The number of aryl methyl sites for hydroxylation is 1. The van der Waals surface area contributed by atoms with Gasteiger partial charge >= 0.3 is 0 Å². The van der Waals surface area contributed by atoms with Crippen LogP contribution in [0.25, 0.3) is 66.4 Å². The first kappa shape index (κ1) is 28.3. The second-order valence-electron chi connectivity index (χ2n) is 14.1. The van der Waals surface area contributed by atoms with E-state index in [9.17, 15) is 0 Å². The molecule has 0 atom stereocenters. The summed E-state index contributed by atoms with van der Waals surface area (Å²) in [7, 11) is 0. The summed E-state index contributed by atoms with van der Waals surface area (Å²) < 4.78 is 54.2. The SMILES string of the molecule is CC(C)(C)c1ccnc(-c2[c-]cccc2)c1.[2H]C([2H])([2H])c1cnc(-c2[c-]ccc3c2oc2c3ccc3c4ccccc4oc32)cc1C([2H])([2H])C(C)(C)C.[Ir]. The van der Waals surface area contributed by atoms with Crippen molar-refractivity contribution in [2.45, 2.75) is 60.2 Å². The molecule has 4 aromatic carbocycles. The van der Waals surface area contributed by atoms with Crippen LogP contribution in [0, 0.1) is 24.4 Å². The Bertz CT molecular complexity index is 2610. The van der Waals surface area contributed by atoms with Crippen molar-refractivity contribution >= 4 is 43.9 Å². The molecule has 4 heterocycles. The molecule has 0 saturated carbocycles. The molecule has 0 spiro atoms. The Morgan fingerprint density at radius 2 is 1.45 bits per heavy atom. The van der Waals surface area contributed by atoms with Gasteiger partial charge in [-0.25, -0.2) is 0 Å². The van der Waals surface area contributed by atoms with Crippen LogP contribution < -0.4 is 0 Å². The number of pyridine rings is 2. The molecule has 8 aromatic rings. The van der Waals surface area contributed by atoms with Gasteiger partial charge in [-0.1, -0.05) is 94.5 Å². The second-order valence-corrected chi connectivity index (χ2v) is 14.1. The Labute approximate surface area is 309 Å². The van der Waals surface area contributed by atoms with Gasteiger partial charge in [-0.15, -0.1) is 54.1 Å². The number of aromatic nitrogens is 2. The standard InChI is InChI=1S/C29H24NO2.C15H16N.Ir/c1-17-16-30-24(14-18(17)15-29(2,3)4)23-10-7-9-20-22-13-12-21-19-8-5-6-11-25(19)31-27(21)28(22)32-26(20)23;1-15(2,3)13-9-10-16-14(11-13)12-7-5-4-6-8-12;/h5-9,11-14,16H,15H2,1-4H3;4-7,9-11H,1-3H3;/q2*-1;/i1D3,15D2;;. The molecule has 8 rings (SSSR count). The maximum absolute atomic E-state index is 8.84. The molecule has 0 fully saturated rings. The van der Waals surface area contributed by atoms with E-state index in [1.165, 1.54) is 17.8 Å². The molecular weight excluding hydrogens is 781 g/mol. The fourth-order valence-electron chi connectivity index (χ4n) is 5.87. The van der Waals surface area contributed by atoms with Gasteiger partial charge in [0.05, 0.1) is 5.58 Å². The van der Waals surface area contributed by atoms with Crippen LogP contribution >= 0.6 is 0 Å². The van der Waals surface area contributed by atoms with Crippen molar-refractivity contribution in [1.29, 1.82) is 0 Å².